The molecule has 0 bridgehead atoms. The van der Waals surface area contributed by atoms with Crippen LogP contribution in [-0.2, 0) is 4.74 Å². The number of hydrogen-bond acceptors (Lipinski definition) is 5. The van der Waals surface area contributed by atoms with Gasteiger partial charge in [-0.1, -0.05) is 0 Å². The summed E-state index contributed by atoms with van der Waals surface area (Å²) in [7, 11) is 0. The third-order valence-corrected chi connectivity index (χ3v) is 3.60. The predicted molar refractivity (Wildman–Crippen MR) is 94.8 cm³/mol. The Bertz CT molecular complexity index is 747. The van der Waals surface area contributed by atoms with E-state index in [9.17, 15) is 18.0 Å². The second kappa shape index (κ2) is 9.72. The van der Waals surface area contributed by atoms with Crippen LogP contribution >= 0.6 is 0 Å². The standard InChI is InChI=1S/C17H20F3N5O2/c18-13-3-2-12(25-17(26)14-4-1-11(21)7-23-14)5-10(13)6-24-16(22)9-27-8-15(19)20/h1-4,7,10,15H,5-6,8-9,21H2,(H2,22,24)(H,25,26). The van der Waals surface area contributed by atoms with E-state index < -0.39 is 30.7 Å². The number of amides is 1. The SMILES string of the molecule is NC(COCC(F)F)=NCC1CC(NC(=O)c2ccc(N)cn2)=CC=C1F. The number of rotatable bonds is 8. The number of nitrogens with two attached hydrogens (primary N) is 2. The van der Waals surface area contributed by atoms with Gasteiger partial charge >= 0.3 is 0 Å². The van der Waals surface area contributed by atoms with Crippen molar-refractivity contribution in [1.82, 2.24) is 10.3 Å². The predicted octanol–water partition coefficient (Wildman–Crippen LogP) is 1.79. The van der Waals surface area contributed by atoms with Crippen LogP contribution in [0.4, 0.5) is 18.9 Å². The van der Waals surface area contributed by atoms with E-state index in [-0.39, 0.29) is 31.1 Å². The Morgan fingerprint density at radius 3 is 2.85 bits per heavy atom. The van der Waals surface area contributed by atoms with Crippen molar-refractivity contribution < 1.29 is 22.7 Å². The van der Waals surface area contributed by atoms with Gasteiger partial charge in [-0.2, -0.15) is 0 Å². The third kappa shape index (κ3) is 6.74. The molecule has 0 aromatic carbocycles. The topological polar surface area (TPSA) is 116 Å². The molecule has 146 valence electrons. The fourth-order valence-electron chi connectivity index (χ4n) is 2.27. The number of anilines is 1. The summed E-state index contributed by atoms with van der Waals surface area (Å²) in [5.41, 5.74) is 12.2. The number of nitrogens with one attached hydrogen (secondary N) is 1. The lowest BCUT2D eigenvalue weighted by Gasteiger charge is -2.19. The van der Waals surface area contributed by atoms with Crippen molar-refractivity contribution in [2.75, 3.05) is 25.5 Å². The number of nitrogen functional groups attached to an aromatic ring is 1. The van der Waals surface area contributed by atoms with Gasteiger partial charge < -0.3 is 21.5 Å². The average molecular weight is 383 g/mol. The van der Waals surface area contributed by atoms with Gasteiger partial charge in [0.05, 0.1) is 18.4 Å². The van der Waals surface area contributed by atoms with E-state index in [1.165, 1.54) is 24.4 Å². The smallest absolute Gasteiger partial charge is 0.273 e. The summed E-state index contributed by atoms with van der Waals surface area (Å²) in [5, 5.41) is 2.66. The van der Waals surface area contributed by atoms with Crippen molar-refractivity contribution in [1.29, 1.82) is 0 Å². The number of aromatic nitrogens is 1. The van der Waals surface area contributed by atoms with Crippen LogP contribution in [0.1, 0.15) is 16.9 Å². The molecule has 0 aliphatic heterocycles. The Balaban J connectivity index is 1.89. The minimum Gasteiger partial charge on any atom is -0.397 e. The molecule has 1 aliphatic carbocycles. The van der Waals surface area contributed by atoms with Crippen molar-refractivity contribution in [2.24, 2.45) is 16.6 Å². The van der Waals surface area contributed by atoms with Gasteiger partial charge in [-0.3, -0.25) is 9.79 Å². The molecule has 1 heterocycles. The Morgan fingerprint density at radius 1 is 1.41 bits per heavy atom. The van der Waals surface area contributed by atoms with Gasteiger partial charge in [-0.15, -0.1) is 0 Å². The summed E-state index contributed by atoms with van der Waals surface area (Å²) >= 11 is 0. The zero-order chi connectivity index (χ0) is 19.8. The van der Waals surface area contributed by atoms with Crippen LogP contribution in [0, 0.1) is 5.92 Å². The van der Waals surface area contributed by atoms with Gasteiger partial charge in [0.25, 0.3) is 12.3 Å². The number of carbonyl (C=O) groups is 1. The highest BCUT2D eigenvalue weighted by molar-refractivity contribution is 5.93. The lowest BCUT2D eigenvalue weighted by Crippen LogP contribution is -2.27. The molecule has 1 unspecified atom stereocenters. The zero-order valence-corrected chi connectivity index (χ0v) is 14.4. The van der Waals surface area contributed by atoms with E-state index in [0.29, 0.717) is 11.4 Å². The van der Waals surface area contributed by atoms with Gasteiger partial charge in [-0.25, -0.2) is 18.2 Å². The molecule has 7 nitrogen and oxygen atoms in total. The van der Waals surface area contributed by atoms with Crippen molar-refractivity contribution in [3.63, 3.8) is 0 Å². The summed E-state index contributed by atoms with van der Waals surface area (Å²) in [4.78, 5) is 20.0. The molecule has 27 heavy (non-hydrogen) atoms. The maximum atomic E-state index is 14.0. The van der Waals surface area contributed by atoms with Crippen LogP contribution in [-0.4, -0.2) is 42.9 Å². The van der Waals surface area contributed by atoms with Gasteiger partial charge in [0, 0.05) is 11.6 Å². The Hall–Kier alpha value is -2.88. The number of allylic oxidation sites excluding steroid dienone is 3. The molecule has 10 heteroatoms. The highest BCUT2D eigenvalue weighted by Gasteiger charge is 2.21. The summed E-state index contributed by atoms with van der Waals surface area (Å²) in [6.45, 7) is -1.00. The van der Waals surface area contributed by atoms with Crippen LogP contribution in [0.25, 0.3) is 0 Å². The van der Waals surface area contributed by atoms with Crippen LogP contribution in [0.2, 0.25) is 0 Å². The monoisotopic (exact) mass is 383 g/mol. The largest absolute Gasteiger partial charge is 0.397 e. The van der Waals surface area contributed by atoms with Crippen LogP contribution in [0.3, 0.4) is 0 Å². The maximum absolute atomic E-state index is 14.0. The average Bonchev–Trinajstić information content (AvgIpc) is 2.62. The quantitative estimate of drug-likeness (QED) is 0.468. The Labute approximate surface area is 154 Å². The Kier molecular flexibility index (Phi) is 7.35. The minimum absolute atomic E-state index is 0.000460. The van der Waals surface area contributed by atoms with Gasteiger partial charge in [-0.05, 0) is 30.7 Å². The van der Waals surface area contributed by atoms with Crippen LogP contribution in [0.5, 0.6) is 0 Å². The summed E-state index contributed by atoms with van der Waals surface area (Å²) < 4.78 is 42.6. The third-order valence-electron chi connectivity index (χ3n) is 3.60. The molecule has 1 atom stereocenters. The lowest BCUT2D eigenvalue weighted by molar-refractivity contribution is 0.0321. The number of nitrogens with zero attached hydrogens (tertiary/aromatic N) is 2. The number of amidine groups is 1. The van der Waals surface area contributed by atoms with E-state index in [0.717, 1.165) is 0 Å². The van der Waals surface area contributed by atoms with Crippen molar-refractivity contribution in [2.45, 2.75) is 12.8 Å². The second-order valence-corrected chi connectivity index (χ2v) is 5.81. The first-order chi connectivity index (χ1) is 12.8. The number of pyridine rings is 1. The highest BCUT2D eigenvalue weighted by atomic mass is 19.3. The molecule has 0 fully saturated rings. The normalized spacial score (nSPS) is 17.5. The number of carbonyl (C=O) groups excluding carboxylic acids is 1. The fraction of sp³-hybridized carbons (Fsp3) is 0.353. The number of alkyl halides is 2. The lowest BCUT2D eigenvalue weighted by atomic mass is 9.97. The molecule has 0 saturated carbocycles. The first-order valence-corrected chi connectivity index (χ1v) is 8.09. The van der Waals surface area contributed by atoms with Crippen LogP contribution in [0.15, 0.2) is 47.0 Å². The zero-order valence-electron chi connectivity index (χ0n) is 14.4. The molecular formula is C17H20F3N5O2. The minimum atomic E-state index is -2.59. The number of halogens is 3. The number of hydrogen-bond donors (Lipinski definition) is 3. The van der Waals surface area contributed by atoms with Crippen molar-refractivity contribution >= 4 is 17.4 Å². The molecular weight excluding hydrogens is 363 g/mol. The molecule has 1 amide bonds. The first-order valence-electron chi connectivity index (χ1n) is 8.09. The maximum Gasteiger partial charge on any atom is 0.273 e. The molecule has 2 rings (SSSR count). The number of aliphatic imine (C=N–C) groups is 1. The molecule has 0 spiro atoms. The summed E-state index contributed by atoms with van der Waals surface area (Å²) in [5.74, 6) is -1.49. The van der Waals surface area contributed by atoms with E-state index in [1.807, 2.05) is 0 Å². The summed E-state index contributed by atoms with van der Waals surface area (Å²) in [6.07, 6.45) is 1.65. The number of ether oxygens (including phenoxy) is 1. The molecule has 0 saturated heterocycles. The van der Waals surface area contributed by atoms with Gasteiger partial charge in [0.1, 0.15) is 30.6 Å². The van der Waals surface area contributed by atoms with Gasteiger partial charge in [0.2, 0.25) is 0 Å². The van der Waals surface area contributed by atoms with E-state index >= 15 is 0 Å². The summed E-state index contributed by atoms with van der Waals surface area (Å²) in [6, 6.07) is 3.03. The van der Waals surface area contributed by atoms with Gasteiger partial charge in [0.15, 0.2) is 0 Å². The molecule has 1 aromatic rings. The Morgan fingerprint density at radius 2 is 2.19 bits per heavy atom. The van der Waals surface area contributed by atoms with E-state index in [4.69, 9.17) is 11.5 Å². The van der Waals surface area contributed by atoms with Crippen molar-refractivity contribution in [3.05, 3.63) is 47.7 Å². The fourth-order valence-corrected chi connectivity index (χ4v) is 2.27. The van der Waals surface area contributed by atoms with Crippen molar-refractivity contribution in [3.8, 4) is 0 Å². The molecule has 0 radical (unpaired) electrons. The molecule has 5 N–H and O–H groups in total. The molecule has 1 aliphatic rings. The highest BCUT2D eigenvalue weighted by Crippen LogP contribution is 2.25. The van der Waals surface area contributed by atoms with E-state index in [1.54, 1.807) is 6.07 Å². The van der Waals surface area contributed by atoms with Crippen LogP contribution < -0.4 is 16.8 Å². The van der Waals surface area contributed by atoms with E-state index in [2.05, 4.69) is 20.0 Å². The first kappa shape index (κ1) is 20.4. The second-order valence-electron chi connectivity index (χ2n) is 5.81. The molecule has 1 aromatic heterocycles.